The van der Waals surface area contributed by atoms with Gasteiger partial charge in [-0.25, -0.2) is 0 Å². The van der Waals surface area contributed by atoms with Gasteiger partial charge in [-0.05, 0) is 44.0 Å². The summed E-state index contributed by atoms with van der Waals surface area (Å²) >= 11 is 7.23. The van der Waals surface area contributed by atoms with Crippen LogP contribution in [0.2, 0.25) is 5.02 Å². The zero-order valence-electron chi connectivity index (χ0n) is 17.6. The van der Waals surface area contributed by atoms with E-state index in [0.29, 0.717) is 28.1 Å². The first-order chi connectivity index (χ1) is 15.0. The van der Waals surface area contributed by atoms with Crippen LogP contribution in [0.3, 0.4) is 0 Å². The summed E-state index contributed by atoms with van der Waals surface area (Å²) in [4.78, 5) is 24.9. The number of carbonyl (C=O) groups excluding carboxylic acids is 2. The van der Waals surface area contributed by atoms with Crippen LogP contribution in [0, 0.1) is 0 Å². The molecule has 1 aliphatic carbocycles. The number of aromatic nitrogens is 3. The standard InChI is InChI=1S/C22H28ClN5O2S/c1-3-13-28-20(15(2)24-21(30)16-9-11-17(23)12-10-16)26-27-22(28)31-14-19(29)25-18-7-5-4-6-8-18/h3,9-12,15,18H,1,4-8,13-14H2,2H3,(H,24,30)(H,25,29)/t15-/m0/s1. The lowest BCUT2D eigenvalue weighted by atomic mass is 9.95. The van der Waals surface area contributed by atoms with Crippen LogP contribution in [0.4, 0.5) is 0 Å². The summed E-state index contributed by atoms with van der Waals surface area (Å²) in [5.74, 6) is 0.670. The van der Waals surface area contributed by atoms with Crippen molar-refractivity contribution in [2.75, 3.05) is 5.75 Å². The predicted molar refractivity (Wildman–Crippen MR) is 123 cm³/mol. The number of benzene rings is 1. The third kappa shape index (κ3) is 6.58. The van der Waals surface area contributed by atoms with Gasteiger partial charge in [0.15, 0.2) is 11.0 Å². The third-order valence-corrected chi connectivity index (χ3v) is 6.42. The van der Waals surface area contributed by atoms with Crippen molar-refractivity contribution in [3.63, 3.8) is 0 Å². The molecule has 2 amide bonds. The molecule has 1 saturated carbocycles. The maximum atomic E-state index is 12.5. The molecule has 1 aliphatic rings. The van der Waals surface area contributed by atoms with E-state index in [1.54, 1.807) is 30.3 Å². The third-order valence-electron chi connectivity index (χ3n) is 5.20. The van der Waals surface area contributed by atoms with Crippen molar-refractivity contribution >= 4 is 35.2 Å². The number of hydrogen-bond acceptors (Lipinski definition) is 5. The first-order valence-electron chi connectivity index (χ1n) is 10.5. The Morgan fingerprint density at radius 2 is 1.97 bits per heavy atom. The average molecular weight is 462 g/mol. The first kappa shape index (κ1) is 23.3. The molecule has 1 fully saturated rings. The summed E-state index contributed by atoms with van der Waals surface area (Å²) in [5, 5.41) is 15.8. The van der Waals surface area contributed by atoms with Gasteiger partial charge in [0.2, 0.25) is 5.91 Å². The number of thioether (sulfide) groups is 1. The fraction of sp³-hybridized carbons (Fsp3) is 0.455. The van der Waals surface area contributed by atoms with Crippen LogP contribution in [0.5, 0.6) is 0 Å². The lowest BCUT2D eigenvalue weighted by molar-refractivity contribution is -0.119. The van der Waals surface area contributed by atoms with E-state index < -0.39 is 0 Å². The van der Waals surface area contributed by atoms with Gasteiger partial charge in [-0.15, -0.1) is 16.8 Å². The van der Waals surface area contributed by atoms with Gasteiger partial charge in [0.25, 0.3) is 5.91 Å². The molecule has 1 atom stereocenters. The minimum Gasteiger partial charge on any atom is -0.353 e. The molecular weight excluding hydrogens is 434 g/mol. The van der Waals surface area contributed by atoms with E-state index in [0.717, 1.165) is 12.8 Å². The zero-order valence-corrected chi connectivity index (χ0v) is 19.2. The van der Waals surface area contributed by atoms with Gasteiger partial charge in [-0.1, -0.05) is 48.7 Å². The average Bonchev–Trinajstić information content (AvgIpc) is 3.16. The highest BCUT2D eigenvalue weighted by Crippen LogP contribution is 2.22. The summed E-state index contributed by atoms with van der Waals surface area (Å²) in [5.41, 5.74) is 0.514. The molecule has 9 heteroatoms. The molecule has 0 spiro atoms. The Labute approximate surface area is 192 Å². The van der Waals surface area contributed by atoms with E-state index in [4.69, 9.17) is 11.6 Å². The SMILES string of the molecule is C=CCn1c(SCC(=O)NC2CCCCC2)nnc1[C@H](C)NC(=O)c1ccc(Cl)cc1. The van der Waals surface area contributed by atoms with Gasteiger partial charge in [-0.2, -0.15) is 0 Å². The summed E-state index contributed by atoms with van der Waals surface area (Å²) in [6, 6.07) is 6.60. The predicted octanol–water partition coefficient (Wildman–Crippen LogP) is 4.15. The van der Waals surface area contributed by atoms with Gasteiger partial charge in [0.05, 0.1) is 11.8 Å². The van der Waals surface area contributed by atoms with Crippen LogP contribution in [0.15, 0.2) is 42.1 Å². The van der Waals surface area contributed by atoms with E-state index in [-0.39, 0.29) is 29.7 Å². The Morgan fingerprint density at radius 1 is 1.26 bits per heavy atom. The fourth-order valence-corrected chi connectivity index (χ4v) is 4.51. The van der Waals surface area contributed by atoms with Crippen LogP contribution < -0.4 is 10.6 Å². The largest absolute Gasteiger partial charge is 0.353 e. The second kappa shape index (κ2) is 11.3. The lowest BCUT2D eigenvalue weighted by Gasteiger charge is -2.22. The molecular formula is C22H28ClN5O2S. The Hall–Kier alpha value is -2.32. The fourth-order valence-electron chi connectivity index (χ4n) is 3.62. The minimum absolute atomic E-state index is 0.00990. The van der Waals surface area contributed by atoms with Crippen molar-refractivity contribution in [2.24, 2.45) is 0 Å². The summed E-state index contributed by atoms with van der Waals surface area (Å²) in [6.45, 7) is 6.13. The number of halogens is 1. The van der Waals surface area contributed by atoms with Gasteiger partial charge in [0.1, 0.15) is 0 Å². The van der Waals surface area contributed by atoms with E-state index >= 15 is 0 Å². The van der Waals surface area contributed by atoms with Crippen molar-refractivity contribution < 1.29 is 9.59 Å². The molecule has 2 aromatic rings. The van der Waals surface area contributed by atoms with Gasteiger partial charge >= 0.3 is 0 Å². The number of amides is 2. The molecule has 1 aromatic heterocycles. The Balaban J connectivity index is 1.61. The van der Waals surface area contributed by atoms with Gasteiger partial charge in [0, 0.05) is 23.2 Å². The number of hydrogen-bond donors (Lipinski definition) is 2. The van der Waals surface area contributed by atoms with Gasteiger partial charge in [-0.3, -0.25) is 9.59 Å². The molecule has 3 rings (SSSR count). The summed E-state index contributed by atoms with van der Waals surface area (Å²) in [6.07, 6.45) is 7.45. The van der Waals surface area contributed by atoms with E-state index in [9.17, 15) is 9.59 Å². The van der Waals surface area contributed by atoms with E-state index in [1.165, 1.54) is 31.0 Å². The normalized spacial score (nSPS) is 15.3. The lowest BCUT2D eigenvalue weighted by Crippen LogP contribution is -2.37. The second-order valence-electron chi connectivity index (χ2n) is 7.63. The first-order valence-corrected chi connectivity index (χ1v) is 11.9. The minimum atomic E-state index is -0.374. The maximum absolute atomic E-state index is 12.5. The highest BCUT2D eigenvalue weighted by molar-refractivity contribution is 7.99. The number of nitrogens with zero attached hydrogens (tertiary/aromatic N) is 3. The summed E-state index contributed by atoms with van der Waals surface area (Å²) in [7, 11) is 0. The van der Waals surface area contributed by atoms with E-state index in [1.807, 2.05) is 11.5 Å². The van der Waals surface area contributed by atoms with Crippen LogP contribution >= 0.6 is 23.4 Å². The Kier molecular flexibility index (Phi) is 8.54. The van der Waals surface area contributed by atoms with Crippen molar-refractivity contribution in [1.29, 1.82) is 0 Å². The van der Waals surface area contributed by atoms with Crippen LogP contribution in [0.1, 0.15) is 61.3 Å². The molecule has 1 heterocycles. The highest BCUT2D eigenvalue weighted by Gasteiger charge is 2.21. The van der Waals surface area contributed by atoms with Crippen molar-refractivity contribution in [1.82, 2.24) is 25.4 Å². The smallest absolute Gasteiger partial charge is 0.251 e. The molecule has 31 heavy (non-hydrogen) atoms. The quantitative estimate of drug-likeness (QED) is 0.432. The Morgan fingerprint density at radius 3 is 2.65 bits per heavy atom. The molecule has 166 valence electrons. The topological polar surface area (TPSA) is 88.9 Å². The van der Waals surface area contributed by atoms with Crippen molar-refractivity contribution in [3.8, 4) is 0 Å². The number of allylic oxidation sites excluding steroid dienone is 1. The van der Waals surface area contributed by atoms with E-state index in [2.05, 4.69) is 27.4 Å². The number of rotatable bonds is 9. The van der Waals surface area contributed by atoms with Crippen LogP contribution in [0.25, 0.3) is 0 Å². The van der Waals surface area contributed by atoms with Crippen molar-refractivity contribution in [3.05, 3.63) is 53.3 Å². The van der Waals surface area contributed by atoms with Crippen LogP contribution in [-0.4, -0.2) is 38.4 Å². The molecule has 1 aromatic carbocycles. The molecule has 2 N–H and O–H groups in total. The van der Waals surface area contributed by atoms with Gasteiger partial charge < -0.3 is 15.2 Å². The molecule has 0 radical (unpaired) electrons. The molecule has 0 saturated heterocycles. The second-order valence-corrected chi connectivity index (χ2v) is 9.01. The number of nitrogens with one attached hydrogen (secondary N) is 2. The number of carbonyl (C=O) groups is 2. The molecule has 0 bridgehead atoms. The monoisotopic (exact) mass is 461 g/mol. The van der Waals surface area contributed by atoms with Crippen LogP contribution in [-0.2, 0) is 11.3 Å². The molecule has 0 aliphatic heterocycles. The molecule has 0 unspecified atom stereocenters. The Bertz CT molecular complexity index is 909. The summed E-state index contributed by atoms with van der Waals surface area (Å²) < 4.78 is 1.87. The molecule has 7 nitrogen and oxygen atoms in total. The highest BCUT2D eigenvalue weighted by atomic mass is 35.5. The zero-order chi connectivity index (χ0) is 22.2. The van der Waals surface area contributed by atoms with Crippen molar-refractivity contribution in [2.45, 2.75) is 62.8 Å². The maximum Gasteiger partial charge on any atom is 0.251 e.